The average Bonchev–Trinajstić information content (AvgIpc) is 3.18. The van der Waals surface area contributed by atoms with Gasteiger partial charge in [0.05, 0.1) is 11.4 Å². The molecule has 1 saturated heterocycles. The van der Waals surface area contributed by atoms with Gasteiger partial charge in [0.2, 0.25) is 5.89 Å². The third-order valence-corrected chi connectivity index (χ3v) is 5.48. The third kappa shape index (κ3) is 4.10. The Balaban J connectivity index is 1.62. The summed E-state index contributed by atoms with van der Waals surface area (Å²) in [6.07, 6.45) is 2.04. The van der Waals surface area contributed by atoms with E-state index in [0.29, 0.717) is 28.1 Å². The molecule has 1 aliphatic rings. The van der Waals surface area contributed by atoms with Gasteiger partial charge in [0.25, 0.3) is 11.8 Å². The van der Waals surface area contributed by atoms with Crippen LogP contribution >= 0.6 is 11.3 Å². The molecule has 0 aliphatic carbocycles. The van der Waals surface area contributed by atoms with E-state index in [9.17, 15) is 9.59 Å². The normalized spacial score (nSPS) is 15.4. The highest BCUT2D eigenvalue weighted by Crippen LogP contribution is 2.20. The van der Waals surface area contributed by atoms with E-state index in [1.54, 1.807) is 13.0 Å². The first-order valence-electron chi connectivity index (χ1n) is 8.54. The number of oxazole rings is 1. The highest BCUT2D eigenvalue weighted by Gasteiger charge is 2.26. The van der Waals surface area contributed by atoms with E-state index in [2.05, 4.69) is 17.2 Å². The van der Waals surface area contributed by atoms with Gasteiger partial charge in [-0.05, 0) is 44.7 Å². The second-order valence-corrected chi connectivity index (χ2v) is 7.87. The van der Waals surface area contributed by atoms with Crippen LogP contribution in [-0.2, 0) is 6.54 Å². The van der Waals surface area contributed by atoms with Gasteiger partial charge in [-0.2, -0.15) is 0 Å². The molecule has 25 heavy (non-hydrogen) atoms. The molecule has 6 nitrogen and oxygen atoms in total. The average molecular weight is 361 g/mol. The van der Waals surface area contributed by atoms with E-state index in [1.807, 2.05) is 17.9 Å². The summed E-state index contributed by atoms with van der Waals surface area (Å²) in [5.41, 5.74) is 0.353. The topological polar surface area (TPSA) is 75.4 Å². The summed E-state index contributed by atoms with van der Waals surface area (Å²) in [6.45, 7) is 7.59. The standard InChI is InChI=1S/C18H23N3O3S/c1-11-6-8-21(9-7-11)18(23)16-13(3)24-15(20-16)10-19-17(22)14-5-4-12(2)25-14/h4-5,11H,6-10H2,1-3H3,(H,19,22). The number of hydrogen-bond donors (Lipinski definition) is 1. The Morgan fingerprint density at radius 2 is 2.04 bits per heavy atom. The molecule has 134 valence electrons. The van der Waals surface area contributed by atoms with Gasteiger partial charge in [0.1, 0.15) is 5.76 Å². The predicted molar refractivity (Wildman–Crippen MR) is 95.8 cm³/mol. The summed E-state index contributed by atoms with van der Waals surface area (Å²) >= 11 is 1.44. The summed E-state index contributed by atoms with van der Waals surface area (Å²) in [6, 6.07) is 3.70. The fourth-order valence-electron chi connectivity index (χ4n) is 2.89. The molecular weight excluding hydrogens is 338 g/mol. The van der Waals surface area contributed by atoms with E-state index >= 15 is 0 Å². The van der Waals surface area contributed by atoms with Crippen LogP contribution in [0.2, 0.25) is 0 Å². The van der Waals surface area contributed by atoms with Crippen molar-refractivity contribution >= 4 is 23.2 Å². The SMILES string of the molecule is Cc1ccc(C(=O)NCc2nc(C(=O)N3CCC(C)CC3)c(C)o2)s1. The summed E-state index contributed by atoms with van der Waals surface area (Å²) in [5, 5.41) is 2.78. The van der Waals surface area contributed by atoms with Crippen molar-refractivity contribution in [1.82, 2.24) is 15.2 Å². The first kappa shape index (κ1) is 17.7. The van der Waals surface area contributed by atoms with Crippen molar-refractivity contribution < 1.29 is 14.0 Å². The lowest BCUT2D eigenvalue weighted by molar-refractivity contribution is 0.0690. The van der Waals surface area contributed by atoms with Crippen molar-refractivity contribution in [2.75, 3.05) is 13.1 Å². The number of aryl methyl sites for hydroxylation is 2. The monoisotopic (exact) mass is 361 g/mol. The van der Waals surface area contributed by atoms with Crippen LogP contribution in [0.3, 0.4) is 0 Å². The van der Waals surface area contributed by atoms with Gasteiger partial charge in [-0.25, -0.2) is 4.98 Å². The van der Waals surface area contributed by atoms with Crippen LogP contribution in [0.5, 0.6) is 0 Å². The molecule has 7 heteroatoms. The van der Waals surface area contributed by atoms with Gasteiger partial charge in [0.15, 0.2) is 5.69 Å². The first-order chi connectivity index (χ1) is 11.9. The lowest BCUT2D eigenvalue weighted by Gasteiger charge is -2.29. The number of carbonyl (C=O) groups excluding carboxylic acids is 2. The lowest BCUT2D eigenvalue weighted by atomic mass is 9.99. The van der Waals surface area contributed by atoms with Crippen molar-refractivity contribution in [3.63, 3.8) is 0 Å². The molecule has 1 aliphatic heterocycles. The third-order valence-electron chi connectivity index (χ3n) is 4.48. The van der Waals surface area contributed by atoms with Crippen LogP contribution in [0.25, 0.3) is 0 Å². The molecule has 0 bridgehead atoms. The van der Waals surface area contributed by atoms with Gasteiger partial charge in [-0.1, -0.05) is 6.92 Å². The van der Waals surface area contributed by atoms with Crippen molar-refractivity contribution in [2.24, 2.45) is 5.92 Å². The van der Waals surface area contributed by atoms with Crippen molar-refractivity contribution in [3.05, 3.63) is 39.2 Å². The van der Waals surface area contributed by atoms with Crippen LogP contribution in [0.4, 0.5) is 0 Å². The van der Waals surface area contributed by atoms with Crippen molar-refractivity contribution in [1.29, 1.82) is 0 Å². The number of thiophene rings is 1. The first-order valence-corrected chi connectivity index (χ1v) is 9.36. The van der Waals surface area contributed by atoms with E-state index in [-0.39, 0.29) is 18.4 Å². The number of rotatable bonds is 4. The summed E-state index contributed by atoms with van der Waals surface area (Å²) in [5.74, 6) is 1.27. The Kier molecular flexibility index (Phi) is 5.22. The maximum absolute atomic E-state index is 12.6. The number of piperidine rings is 1. The zero-order chi connectivity index (χ0) is 18.0. The Labute approximate surface area is 151 Å². The Hall–Kier alpha value is -2.15. The minimum atomic E-state index is -0.160. The van der Waals surface area contributed by atoms with E-state index < -0.39 is 0 Å². The molecule has 0 aromatic carbocycles. The van der Waals surface area contributed by atoms with Gasteiger partial charge < -0.3 is 14.6 Å². The van der Waals surface area contributed by atoms with Gasteiger partial charge in [-0.15, -0.1) is 11.3 Å². The lowest BCUT2D eigenvalue weighted by Crippen LogP contribution is -2.38. The Morgan fingerprint density at radius 1 is 1.32 bits per heavy atom. The number of likely N-dealkylation sites (tertiary alicyclic amines) is 1. The van der Waals surface area contributed by atoms with Crippen LogP contribution in [0, 0.1) is 19.8 Å². The molecule has 0 radical (unpaired) electrons. The molecule has 2 amide bonds. The summed E-state index contributed by atoms with van der Waals surface area (Å²) in [7, 11) is 0. The fourth-order valence-corrected chi connectivity index (χ4v) is 3.67. The number of nitrogens with one attached hydrogen (secondary N) is 1. The van der Waals surface area contributed by atoms with Crippen LogP contribution in [-0.4, -0.2) is 34.8 Å². The fraction of sp³-hybridized carbons (Fsp3) is 0.500. The van der Waals surface area contributed by atoms with E-state index in [0.717, 1.165) is 30.8 Å². The number of amides is 2. The van der Waals surface area contributed by atoms with Crippen LogP contribution in [0.15, 0.2) is 16.5 Å². The number of carbonyl (C=O) groups is 2. The molecular formula is C18H23N3O3S. The number of aromatic nitrogens is 1. The molecule has 2 aromatic heterocycles. The minimum Gasteiger partial charge on any atom is -0.443 e. The predicted octanol–water partition coefficient (Wildman–Crippen LogP) is 3.16. The molecule has 3 heterocycles. The number of nitrogens with zero attached hydrogens (tertiary/aromatic N) is 2. The zero-order valence-electron chi connectivity index (χ0n) is 14.8. The maximum Gasteiger partial charge on any atom is 0.276 e. The second kappa shape index (κ2) is 7.39. The highest BCUT2D eigenvalue weighted by atomic mass is 32.1. The Bertz CT molecular complexity index is 772. The van der Waals surface area contributed by atoms with E-state index in [4.69, 9.17) is 4.42 Å². The van der Waals surface area contributed by atoms with Gasteiger partial charge in [0, 0.05) is 18.0 Å². The summed E-state index contributed by atoms with van der Waals surface area (Å²) < 4.78 is 5.57. The molecule has 3 rings (SSSR count). The van der Waals surface area contributed by atoms with Gasteiger partial charge >= 0.3 is 0 Å². The molecule has 0 unspecified atom stereocenters. The highest BCUT2D eigenvalue weighted by molar-refractivity contribution is 7.13. The molecule has 1 N–H and O–H groups in total. The van der Waals surface area contributed by atoms with Crippen LogP contribution < -0.4 is 5.32 Å². The largest absolute Gasteiger partial charge is 0.443 e. The van der Waals surface area contributed by atoms with Crippen LogP contribution in [0.1, 0.15) is 56.5 Å². The van der Waals surface area contributed by atoms with Gasteiger partial charge in [-0.3, -0.25) is 9.59 Å². The number of hydrogen-bond acceptors (Lipinski definition) is 5. The zero-order valence-corrected chi connectivity index (χ0v) is 15.6. The van der Waals surface area contributed by atoms with E-state index in [1.165, 1.54) is 11.3 Å². The molecule has 2 aromatic rings. The second-order valence-electron chi connectivity index (χ2n) is 6.58. The molecule has 1 fully saturated rings. The smallest absolute Gasteiger partial charge is 0.276 e. The maximum atomic E-state index is 12.6. The Morgan fingerprint density at radius 3 is 2.68 bits per heavy atom. The van der Waals surface area contributed by atoms with Crippen molar-refractivity contribution in [2.45, 2.75) is 40.2 Å². The molecule has 0 saturated carbocycles. The quantitative estimate of drug-likeness (QED) is 0.908. The van der Waals surface area contributed by atoms with Crippen molar-refractivity contribution in [3.8, 4) is 0 Å². The molecule has 0 spiro atoms. The summed E-state index contributed by atoms with van der Waals surface area (Å²) in [4.78, 5) is 32.6. The molecule has 0 atom stereocenters. The minimum absolute atomic E-state index is 0.0837.